The van der Waals surface area contributed by atoms with Gasteiger partial charge >= 0.3 is 0 Å². The third-order valence-electron chi connectivity index (χ3n) is 3.13. The molecule has 0 saturated carbocycles. The average molecular weight is 292 g/mol. The summed E-state index contributed by atoms with van der Waals surface area (Å²) in [4.78, 5) is 6.47. The number of benzene rings is 2. The Morgan fingerprint density at radius 1 is 1.09 bits per heavy atom. The van der Waals surface area contributed by atoms with Gasteiger partial charge in [0.05, 0.1) is 6.67 Å². The van der Waals surface area contributed by atoms with Gasteiger partial charge in [-0.3, -0.25) is 5.41 Å². The van der Waals surface area contributed by atoms with Gasteiger partial charge in [-0.2, -0.15) is 0 Å². The number of hydrogen-bond donors (Lipinski definition) is 2. The second-order valence-corrected chi connectivity index (χ2v) is 4.78. The van der Waals surface area contributed by atoms with Crippen molar-refractivity contribution in [3.05, 3.63) is 84.6 Å². The highest BCUT2D eigenvalue weighted by molar-refractivity contribution is 6.10. The minimum atomic E-state index is 0.241. The molecule has 0 aliphatic carbocycles. The van der Waals surface area contributed by atoms with E-state index in [-0.39, 0.29) is 5.84 Å². The predicted octanol–water partition coefficient (Wildman–Crippen LogP) is 3.08. The lowest BCUT2D eigenvalue weighted by Gasteiger charge is -2.21. The van der Waals surface area contributed by atoms with E-state index >= 15 is 0 Å². The Balaban J connectivity index is 2.33. The molecule has 2 aromatic rings. The highest BCUT2D eigenvalue weighted by atomic mass is 15.2. The Labute approximate surface area is 131 Å². The molecule has 4 nitrogen and oxygen atoms in total. The second kappa shape index (κ2) is 7.78. The van der Waals surface area contributed by atoms with Crippen molar-refractivity contribution in [1.82, 2.24) is 10.2 Å². The third-order valence-corrected chi connectivity index (χ3v) is 3.13. The van der Waals surface area contributed by atoms with Crippen molar-refractivity contribution in [3.8, 4) is 0 Å². The molecule has 0 unspecified atom stereocenters. The van der Waals surface area contributed by atoms with Gasteiger partial charge in [-0.25, -0.2) is 4.99 Å². The van der Waals surface area contributed by atoms with Gasteiger partial charge in [0.25, 0.3) is 0 Å². The molecule has 0 radical (unpaired) electrons. The van der Waals surface area contributed by atoms with Crippen LogP contribution >= 0.6 is 0 Å². The van der Waals surface area contributed by atoms with E-state index in [9.17, 15) is 0 Å². The minimum Gasteiger partial charge on any atom is -0.374 e. The summed E-state index contributed by atoms with van der Waals surface area (Å²) in [6.45, 7) is 4.22. The van der Waals surface area contributed by atoms with Crippen molar-refractivity contribution < 1.29 is 0 Å². The van der Waals surface area contributed by atoms with Gasteiger partial charge in [-0.15, -0.1) is 0 Å². The molecule has 0 heterocycles. The van der Waals surface area contributed by atoms with Crippen molar-refractivity contribution >= 4 is 11.7 Å². The molecular weight excluding hydrogens is 272 g/mol. The van der Waals surface area contributed by atoms with Crippen LogP contribution in [0.15, 0.2) is 78.4 Å². The molecular formula is C18H20N4. The lowest BCUT2D eigenvalue weighted by Crippen LogP contribution is -2.35. The Kier molecular flexibility index (Phi) is 5.49. The monoisotopic (exact) mass is 292 g/mol. The number of nitrogens with one attached hydrogen (secondary N) is 2. The molecule has 2 N–H and O–H groups in total. The van der Waals surface area contributed by atoms with Crippen molar-refractivity contribution in [2.24, 2.45) is 4.99 Å². The zero-order valence-corrected chi connectivity index (χ0v) is 12.7. The summed E-state index contributed by atoms with van der Waals surface area (Å²) in [6.07, 6.45) is 1.64. The third kappa shape index (κ3) is 4.06. The molecule has 2 rings (SSSR count). The molecule has 0 spiro atoms. The molecule has 22 heavy (non-hydrogen) atoms. The molecule has 0 amide bonds. The first-order valence-corrected chi connectivity index (χ1v) is 7.06. The van der Waals surface area contributed by atoms with Crippen LogP contribution in [0.4, 0.5) is 0 Å². The summed E-state index contributed by atoms with van der Waals surface area (Å²) in [5.41, 5.74) is 1.76. The first-order valence-electron chi connectivity index (χ1n) is 7.06. The molecule has 0 fully saturated rings. The van der Waals surface area contributed by atoms with Crippen LogP contribution in [-0.2, 0) is 0 Å². The quantitative estimate of drug-likeness (QED) is 0.505. The standard InChI is InChI=1S/C18H20N4/c1-3-20-14-22(2)18(16-12-8-5-9-13-16)21-17(19)15-10-6-4-7-11-15/h3-13,19-20H,1,14H2,2H3. The molecule has 0 saturated heterocycles. The summed E-state index contributed by atoms with van der Waals surface area (Å²) < 4.78 is 0. The van der Waals surface area contributed by atoms with Gasteiger partial charge in [-0.1, -0.05) is 67.2 Å². The molecule has 0 bridgehead atoms. The zero-order chi connectivity index (χ0) is 15.8. The number of aliphatic imine (C=N–C) groups is 1. The fourth-order valence-electron chi connectivity index (χ4n) is 2.00. The van der Waals surface area contributed by atoms with Gasteiger partial charge < -0.3 is 10.2 Å². The van der Waals surface area contributed by atoms with Gasteiger partial charge in [0.2, 0.25) is 0 Å². The smallest absolute Gasteiger partial charge is 0.154 e. The highest BCUT2D eigenvalue weighted by Gasteiger charge is 2.10. The normalized spacial score (nSPS) is 10.9. The Hall–Kier alpha value is -2.88. The first-order chi connectivity index (χ1) is 10.7. The van der Waals surface area contributed by atoms with E-state index in [2.05, 4.69) is 16.9 Å². The summed E-state index contributed by atoms with van der Waals surface area (Å²) >= 11 is 0. The molecule has 112 valence electrons. The molecule has 0 aromatic heterocycles. The van der Waals surface area contributed by atoms with E-state index in [1.807, 2.05) is 72.6 Å². The lowest BCUT2D eigenvalue weighted by molar-refractivity contribution is 0.483. The largest absolute Gasteiger partial charge is 0.374 e. The molecule has 0 aliphatic heterocycles. The molecule has 4 heteroatoms. The van der Waals surface area contributed by atoms with Gasteiger partial charge in [-0.05, 0) is 6.20 Å². The van der Waals surface area contributed by atoms with Crippen LogP contribution in [0.5, 0.6) is 0 Å². The maximum absolute atomic E-state index is 8.23. The van der Waals surface area contributed by atoms with Crippen LogP contribution < -0.4 is 5.32 Å². The fraction of sp³-hybridized carbons (Fsp3) is 0.111. The summed E-state index contributed by atoms with van der Waals surface area (Å²) in [5.74, 6) is 0.980. The predicted molar refractivity (Wildman–Crippen MR) is 92.2 cm³/mol. The first kappa shape index (κ1) is 15.5. The van der Waals surface area contributed by atoms with Gasteiger partial charge in [0, 0.05) is 18.2 Å². The van der Waals surface area contributed by atoms with Crippen molar-refractivity contribution in [3.63, 3.8) is 0 Å². The van der Waals surface area contributed by atoms with E-state index in [1.165, 1.54) is 0 Å². The van der Waals surface area contributed by atoms with Crippen molar-refractivity contribution in [2.75, 3.05) is 13.7 Å². The number of hydrogen-bond acceptors (Lipinski definition) is 2. The zero-order valence-electron chi connectivity index (χ0n) is 12.7. The van der Waals surface area contributed by atoms with Crippen LogP contribution in [0.3, 0.4) is 0 Å². The van der Waals surface area contributed by atoms with Crippen molar-refractivity contribution in [1.29, 1.82) is 5.41 Å². The van der Waals surface area contributed by atoms with E-state index in [0.717, 1.165) is 17.0 Å². The SMILES string of the molecule is C=CNCN(C)C(=NC(=N)c1ccccc1)c1ccccc1. The maximum atomic E-state index is 8.23. The topological polar surface area (TPSA) is 51.5 Å². The minimum absolute atomic E-state index is 0.241. The van der Waals surface area contributed by atoms with E-state index in [4.69, 9.17) is 5.41 Å². The van der Waals surface area contributed by atoms with Crippen LogP contribution in [-0.4, -0.2) is 30.3 Å². The van der Waals surface area contributed by atoms with Crippen LogP contribution in [0.2, 0.25) is 0 Å². The molecule has 0 aliphatic rings. The summed E-state index contributed by atoms with van der Waals surface area (Å²) in [7, 11) is 1.93. The van der Waals surface area contributed by atoms with Crippen molar-refractivity contribution in [2.45, 2.75) is 0 Å². The number of rotatable bonds is 5. The lowest BCUT2D eigenvalue weighted by atomic mass is 10.2. The van der Waals surface area contributed by atoms with E-state index < -0.39 is 0 Å². The fourth-order valence-corrected chi connectivity index (χ4v) is 2.00. The maximum Gasteiger partial charge on any atom is 0.154 e. The van der Waals surface area contributed by atoms with Crippen LogP contribution in [0, 0.1) is 5.41 Å². The van der Waals surface area contributed by atoms with E-state index in [0.29, 0.717) is 6.67 Å². The van der Waals surface area contributed by atoms with E-state index in [1.54, 1.807) is 6.20 Å². The van der Waals surface area contributed by atoms with Gasteiger partial charge in [0.1, 0.15) is 5.84 Å². The molecule has 2 aromatic carbocycles. The average Bonchev–Trinajstić information content (AvgIpc) is 2.59. The van der Waals surface area contributed by atoms with Crippen LogP contribution in [0.25, 0.3) is 0 Å². The Morgan fingerprint density at radius 3 is 2.18 bits per heavy atom. The number of amidine groups is 2. The van der Waals surface area contributed by atoms with Crippen LogP contribution in [0.1, 0.15) is 11.1 Å². The number of nitrogens with zero attached hydrogens (tertiary/aromatic N) is 2. The summed E-state index contributed by atoms with van der Waals surface area (Å²) in [5, 5.41) is 11.3. The highest BCUT2D eigenvalue weighted by Crippen LogP contribution is 2.08. The summed E-state index contributed by atoms with van der Waals surface area (Å²) in [6, 6.07) is 19.4. The Morgan fingerprint density at radius 2 is 1.64 bits per heavy atom. The molecule has 0 atom stereocenters. The Bertz CT molecular complexity index is 647. The second-order valence-electron chi connectivity index (χ2n) is 4.78. The van der Waals surface area contributed by atoms with Gasteiger partial charge in [0.15, 0.2) is 5.84 Å².